The maximum atomic E-state index is 12.2. The number of rotatable bonds is 4. The van der Waals surface area contributed by atoms with Crippen LogP contribution in [0, 0.1) is 5.92 Å². The van der Waals surface area contributed by atoms with E-state index >= 15 is 0 Å². The Kier molecular flexibility index (Phi) is 5.31. The van der Waals surface area contributed by atoms with Gasteiger partial charge in [0.2, 0.25) is 5.91 Å². The van der Waals surface area contributed by atoms with Gasteiger partial charge < -0.3 is 25.7 Å². The van der Waals surface area contributed by atoms with Crippen LogP contribution in [0.3, 0.4) is 0 Å². The van der Waals surface area contributed by atoms with Gasteiger partial charge in [-0.3, -0.25) is 4.79 Å². The number of amides is 1. The van der Waals surface area contributed by atoms with Crippen molar-refractivity contribution >= 4 is 44.2 Å². The molecule has 8 heteroatoms. The first-order valence-electron chi connectivity index (χ1n) is 8.42. The summed E-state index contributed by atoms with van der Waals surface area (Å²) >= 11 is 3.62. The molecule has 3 rings (SSSR count). The number of nitrogens with two attached hydrogens (primary N) is 1. The van der Waals surface area contributed by atoms with Gasteiger partial charge in [0.15, 0.2) is 0 Å². The number of pyridine rings is 1. The van der Waals surface area contributed by atoms with Gasteiger partial charge in [-0.15, -0.1) is 0 Å². The highest BCUT2D eigenvalue weighted by Crippen LogP contribution is 2.39. The Hall–Kier alpha value is -1.64. The minimum Gasteiger partial charge on any atom is -0.380 e. The molecular weight excluding hydrogens is 386 g/mol. The number of aromatic amines is 1. The summed E-state index contributed by atoms with van der Waals surface area (Å²) in [6.07, 6.45) is 4.48. The second kappa shape index (κ2) is 7.31. The van der Waals surface area contributed by atoms with Crippen LogP contribution < -0.4 is 16.0 Å². The van der Waals surface area contributed by atoms with Crippen LogP contribution in [0.4, 0.5) is 11.4 Å². The summed E-state index contributed by atoms with van der Waals surface area (Å²) in [4.78, 5) is 21.9. The molecular formula is C17H24BrN5O2. The molecule has 2 aromatic rings. The predicted molar refractivity (Wildman–Crippen MR) is 103 cm³/mol. The smallest absolute Gasteiger partial charge is 0.226 e. The molecule has 4 N–H and O–H groups in total. The van der Waals surface area contributed by atoms with Crippen molar-refractivity contribution in [2.45, 2.75) is 32.4 Å². The van der Waals surface area contributed by atoms with Crippen molar-refractivity contribution in [1.82, 2.24) is 9.97 Å². The highest BCUT2D eigenvalue weighted by Gasteiger charge is 2.29. The lowest BCUT2D eigenvalue weighted by Gasteiger charge is -2.38. The monoisotopic (exact) mass is 409 g/mol. The lowest BCUT2D eigenvalue weighted by atomic mass is 10.0. The Balaban J connectivity index is 2.01. The molecule has 2 aromatic heterocycles. The van der Waals surface area contributed by atoms with Gasteiger partial charge in [-0.2, -0.15) is 0 Å². The van der Waals surface area contributed by atoms with E-state index in [2.05, 4.69) is 36.1 Å². The van der Waals surface area contributed by atoms with Crippen LogP contribution in [-0.4, -0.2) is 48.2 Å². The first kappa shape index (κ1) is 18.2. The van der Waals surface area contributed by atoms with E-state index in [4.69, 9.17) is 10.5 Å². The van der Waals surface area contributed by atoms with Crippen LogP contribution in [-0.2, 0) is 9.53 Å². The lowest BCUT2D eigenvalue weighted by molar-refractivity contribution is -0.118. The molecule has 0 aromatic carbocycles. The highest BCUT2D eigenvalue weighted by molar-refractivity contribution is 9.10. The van der Waals surface area contributed by atoms with Crippen molar-refractivity contribution in [2.24, 2.45) is 11.7 Å². The molecule has 0 unspecified atom stereocenters. The zero-order valence-electron chi connectivity index (χ0n) is 14.7. The molecule has 0 bridgehead atoms. The van der Waals surface area contributed by atoms with E-state index in [1.165, 1.54) is 0 Å². The summed E-state index contributed by atoms with van der Waals surface area (Å²) in [5.41, 5.74) is 8.74. The number of methoxy groups -OCH3 is 1. The average molecular weight is 410 g/mol. The van der Waals surface area contributed by atoms with E-state index in [1.807, 2.05) is 13.8 Å². The van der Waals surface area contributed by atoms with Crippen LogP contribution in [0.5, 0.6) is 0 Å². The Labute approximate surface area is 155 Å². The van der Waals surface area contributed by atoms with E-state index in [9.17, 15) is 4.79 Å². The minimum atomic E-state index is -0.0978. The SMILES string of the molecule is CO[C@@H]1CCN(c2c(Br)cnc3[nH]cc(NC(=O)C(C)C)c23)C[C@H]1N. The van der Waals surface area contributed by atoms with Gasteiger partial charge in [-0.1, -0.05) is 13.8 Å². The molecule has 0 saturated carbocycles. The van der Waals surface area contributed by atoms with Gasteiger partial charge >= 0.3 is 0 Å². The average Bonchev–Trinajstić information content (AvgIpc) is 2.97. The van der Waals surface area contributed by atoms with Crippen LogP contribution in [0.1, 0.15) is 20.3 Å². The third-order valence-corrected chi connectivity index (χ3v) is 5.20. The summed E-state index contributed by atoms with van der Waals surface area (Å²) < 4.78 is 6.33. The number of hydrogen-bond acceptors (Lipinski definition) is 5. The van der Waals surface area contributed by atoms with Crippen molar-refractivity contribution in [3.8, 4) is 0 Å². The second-order valence-corrected chi connectivity index (χ2v) is 7.55. The van der Waals surface area contributed by atoms with Crippen molar-refractivity contribution in [3.05, 3.63) is 16.9 Å². The van der Waals surface area contributed by atoms with E-state index in [0.29, 0.717) is 6.54 Å². The maximum Gasteiger partial charge on any atom is 0.226 e. The highest BCUT2D eigenvalue weighted by atomic mass is 79.9. The van der Waals surface area contributed by atoms with Gasteiger partial charge in [-0.25, -0.2) is 4.98 Å². The molecule has 0 spiro atoms. The summed E-state index contributed by atoms with van der Waals surface area (Å²) in [5, 5.41) is 3.88. The number of fused-ring (bicyclic) bond motifs is 1. The molecule has 7 nitrogen and oxygen atoms in total. The summed E-state index contributed by atoms with van der Waals surface area (Å²) in [7, 11) is 1.70. The number of anilines is 2. The Morgan fingerprint density at radius 3 is 2.96 bits per heavy atom. The second-order valence-electron chi connectivity index (χ2n) is 6.70. The third kappa shape index (κ3) is 3.51. The van der Waals surface area contributed by atoms with Crippen LogP contribution >= 0.6 is 15.9 Å². The van der Waals surface area contributed by atoms with E-state index in [-0.39, 0.29) is 24.0 Å². The quantitative estimate of drug-likeness (QED) is 0.720. The van der Waals surface area contributed by atoms with Crippen molar-refractivity contribution < 1.29 is 9.53 Å². The Morgan fingerprint density at radius 2 is 2.32 bits per heavy atom. The molecule has 25 heavy (non-hydrogen) atoms. The fourth-order valence-electron chi connectivity index (χ4n) is 3.20. The lowest BCUT2D eigenvalue weighted by Crippen LogP contribution is -2.52. The number of H-pyrrole nitrogens is 1. The van der Waals surface area contributed by atoms with Gasteiger partial charge in [-0.05, 0) is 22.4 Å². The summed E-state index contributed by atoms with van der Waals surface area (Å²) in [5.74, 6) is -0.124. The molecule has 1 aliphatic heterocycles. The zero-order valence-corrected chi connectivity index (χ0v) is 16.3. The topological polar surface area (TPSA) is 96.3 Å². The number of nitrogens with one attached hydrogen (secondary N) is 2. The molecule has 0 aliphatic carbocycles. The van der Waals surface area contributed by atoms with Gasteiger partial charge in [0.1, 0.15) is 5.65 Å². The first-order chi connectivity index (χ1) is 11.9. The van der Waals surface area contributed by atoms with E-state index in [0.717, 1.165) is 39.8 Å². The largest absolute Gasteiger partial charge is 0.380 e. The Bertz CT molecular complexity index is 776. The summed E-state index contributed by atoms with van der Waals surface area (Å²) in [6.45, 7) is 5.24. The number of halogens is 1. The number of aromatic nitrogens is 2. The van der Waals surface area contributed by atoms with Crippen LogP contribution in [0.2, 0.25) is 0 Å². The molecule has 136 valence electrons. The van der Waals surface area contributed by atoms with Crippen LogP contribution in [0.25, 0.3) is 11.0 Å². The zero-order chi connectivity index (χ0) is 18.1. The van der Waals surface area contributed by atoms with Crippen molar-refractivity contribution in [3.63, 3.8) is 0 Å². The van der Waals surface area contributed by atoms with Gasteiger partial charge in [0.05, 0.1) is 27.3 Å². The maximum absolute atomic E-state index is 12.2. The standard InChI is InChI=1S/C17H24BrN5O2/c1-9(2)17(24)22-12-7-21-16-14(12)15(10(18)6-20-16)23-5-4-13(25-3)11(19)8-23/h6-7,9,11,13H,4-5,8,19H2,1-3H3,(H,20,21)(H,22,24)/t11-,13-/m1/s1. The Morgan fingerprint density at radius 1 is 1.56 bits per heavy atom. The van der Waals surface area contributed by atoms with Gasteiger partial charge in [0.25, 0.3) is 0 Å². The fraction of sp³-hybridized carbons (Fsp3) is 0.529. The van der Waals surface area contributed by atoms with Crippen molar-refractivity contribution in [2.75, 3.05) is 30.4 Å². The van der Waals surface area contributed by atoms with E-state index in [1.54, 1.807) is 19.5 Å². The third-order valence-electron chi connectivity index (χ3n) is 4.62. The molecule has 1 aliphatic rings. The summed E-state index contributed by atoms with van der Waals surface area (Å²) in [6, 6.07) is -0.0680. The molecule has 3 heterocycles. The number of carbonyl (C=O) groups excluding carboxylic acids is 1. The number of piperidine rings is 1. The van der Waals surface area contributed by atoms with E-state index < -0.39 is 0 Å². The minimum absolute atomic E-state index is 0.0263. The molecule has 2 atom stereocenters. The number of carbonyl (C=O) groups is 1. The van der Waals surface area contributed by atoms with Crippen molar-refractivity contribution in [1.29, 1.82) is 0 Å². The predicted octanol–water partition coefficient (Wildman–Crippen LogP) is 2.47. The van der Waals surface area contributed by atoms with Gasteiger partial charge in [0, 0.05) is 44.6 Å². The molecule has 1 fully saturated rings. The molecule has 1 saturated heterocycles. The molecule has 0 radical (unpaired) electrons. The number of hydrogen-bond donors (Lipinski definition) is 3. The van der Waals surface area contributed by atoms with Crippen LogP contribution in [0.15, 0.2) is 16.9 Å². The normalized spacial score (nSPS) is 21.1. The first-order valence-corrected chi connectivity index (χ1v) is 9.21. The number of ether oxygens (including phenoxy) is 1. The number of nitrogens with zero attached hydrogens (tertiary/aromatic N) is 2. The molecule has 1 amide bonds. The fourth-order valence-corrected chi connectivity index (χ4v) is 3.75.